The van der Waals surface area contributed by atoms with Crippen molar-refractivity contribution >= 4 is 23.1 Å². The van der Waals surface area contributed by atoms with E-state index in [1.54, 1.807) is 11.1 Å². The summed E-state index contributed by atoms with van der Waals surface area (Å²) in [5, 5.41) is 13.8. The predicted octanol–water partition coefficient (Wildman–Crippen LogP) is 6.10. The minimum atomic E-state index is -4.24. The molecule has 1 aliphatic heterocycles. The molecule has 0 aromatic carbocycles. The van der Waals surface area contributed by atoms with E-state index < -0.39 is 18.2 Å². The van der Waals surface area contributed by atoms with Gasteiger partial charge in [-0.2, -0.15) is 18.2 Å². The number of hydrogen-bond donors (Lipinski definition) is 2. The van der Waals surface area contributed by atoms with Gasteiger partial charge in [0.2, 0.25) is 5.95 Å². The van der Waals surface area contributed by atoms with Crippen LogP contribution in [0.4, 0.5) is 23.9 Å². The quantitative estimate of drug-likeness (QED) is 0.392. The molecule has 0 radical (unpaired) electrons. The Balaban J connectivity index is 1.21. The van der Waals surface area contributed by atoms with Gasteiger partial charge in [0, 0.05) is 63.1 Å². The van der Waals surface area contributed by atoms with E-state index in [-0.39, 0.29) is 30.7 Å². The Morgan fingerprint density at radius 2 is 1.70 bits per heavy atom. The average Bonchev–Trinajstić information content (AvgIpc) is 3.31. The number of ether oxygens (including phenoxy) is 1. The fraction of sp³-hybridized carbons (Fsp3) is 0.774. The van der Waals surface area contributed by atoms with Crippen molar-refractivity contribution in [2.45, 2.75) is 108 Å². The van der Waals surface area contributed by atoms with E-state index >= 15 is 0 Å². The number of aromatic nitrogens is 3. The number of amides is 1. The third-order valence-electron chi connectivity index (χ3n) is 9.18. The number of nitrogens with zero attached hydrogens (tertiary/aromatic N) is 5. The molecule has 1 amide bonds. The minimum Gasteiger partial charge on any atom is -0.444 e. The first-order valence-electron chi connectivity index (χ1n) is 15.9. The van der Waals surface area contributed by atoms with E-state index in [2.05, 4.69) is 26.0 Å². The monoisotopic (exact) mass is 608 g/mol. The summed E-state index contributed by atoms with van der Waals surface area (Å²) < 4.78 is 45.8. The molecule has 2 aromatic heterocycles. The highest BCUT2D eigenvalue weighted by Gasteiger charge is 2.31. The number of rotatable bonds is 7. The van der Waals surface area contributed by atoms with Crippen LogP contribution >= 0.6 is 0 Å². The van der Waals surface area contributed by atoms with Crippen LogP contribution in [0.25, 0.3) is 11.0 Å². The first kappa shape index (κ1) is 31.8. The number of fused-ring (bicyclic) bond motifs is 1. The maximum absolute atomic E-state index is 12.7. The fourth-order valence-corrected chi connectivity index (χ4v) is 6.86. The van der Waals surface area contributed by atoms with Crippen LogP contribution < -0.4 is 5.32 Å². The van der Waals surface area contributed by atoms with Crippen LogP contribution in [-0.4, -0.2) is 92.7 Å². The first-order chi connectivity index (χ1) is 20.3. The van der Waals surface area contributed by atoms with Crippen molar-refractivity contribution in [3.8, 4) is 0 Å². The van der Waals surface area contributed by atoms with Gasteiger partial charge >= 0.3 is 12.3 Å². The van der Waals surface area contributed by atoms with Gasteiger partial charge in [-0.1, -0.05) is 0 Å². The van der Waals surface area contributed by atoms with Crippen LogP contribution in [0.15, 0.2) is 12.4 Å². The number of carbonyl (C=O) groups excluding carboxylic acids is 1. The van der Waals surface area contributed by atoms with Crippen molar-refractivity contribution in [1.82, 2.24) is 24.3 Å². The maximum atomic E-state index is 12.7. The van der Waals surface area contributed by atoms with Crippen molar-refractivity contribution < 1.29 is 27.8 Å². The van der Waals surface area contributed by atoms with Gasteiger partial charge in [0.25, 0.3) is 0 Å². The van der Waals surface area contributed by atoms with Gasteiger partial charge in [0.1, 0.15) is 11.2 Å². The molecule has 5 rings (SSSR count). The lowest BCUT2D eigenvalue weighted by Crippen LogP contribution is -2.51. The van der Waals surface area contributed by atoms with Gasteiger partial charge < -0.3 is 24.6 Å². The molecule has 0 atom stereocenters. The first-order valence-corrected chi connectivity index (χ1v) is 15.9. The van der Waals surface area contributed by atoms with E-state index in [0.717, 1.165) is 82.0 Å². The average molecular weight is 609 g/mol. The van der Waals surface area contributed by atoms with Crippen LogP contribution in [0, 0.1) is 5.92 Å². The van der Waals surface area contributed by atoms with Crippen molar-refractivity contribution in [2.75, 3.05) is 44.6 Å². The number of alkyl halides is 3. The lowest BCUT2D eigenvalue weighted by molar-refractivity contribution is -0.131. The molecule has 1 saturated heterocycles. The summed E-state index contributed by atoms with van der Waals surface area (Å²) >= 11 is 0. The molecule has 3 fully saturated rings. The lowest BCUT2D eigenvalue weighted by atomic mass is 9.78. The second-order valence-corrected chi connectivity index (χ2v) is 13.7. The van der Waals surface area contributed by atoms with Gasteiger partial charge in [0.05, 0.1) is 12.5 Å². The van der Waals surface area contributed by atoms with E-state index in [1.807, 2.05) is 20.8 Å². The molecule has 0 bridgehead atoms. The highest BCUT2D eigenvalue weighted by molar-refractivity contribution is 5.81. The molecule has 12 heteroatoms. The van der Waals surface area contributed by atoms with Crippen LogP contribution in [0.2, 0.25) is 0 Å². The zero-order valence-electron chi connectivity index (χ0n) is 25.7. The number of carbonyl (C=O) groups is 1. The summed E-state index contributed by atoms with van der Waals surface area (Å²) in [6.07, 6.45) is 5.84. The third-order valence-corrected chi connectivity index (χ3v) is 9.18. The Morgan fingerprint density at radius 1 is 1.02 bits per heavy atom. The molecule has 2 aliphatic carbocycles. The molecule has 2 N–H and O–H groups in total. The van der Waals surface area contributed by atoms with Crippen molar-refractivity contribution in [1.29, 1.82) is 0 Å². The number of aliphatic hydroxyl groups is 1. The molecule has 3 aliphatic rings. The summed E-state index contributed by atoms with van der Waals surface area (Å²) in [7, 11) is 0. The van der Waals surface area contributed by atoms with E-state index in [1.165, 1.54) is 5.56 Å². The van der Waals surface area contributed by atoms with E-state index in [4.69, 9.17) is 9.72 Å². The maximum Gasteiger partial charge on any atom is 0.410 e. The molecule has 0 spiro atoms. The summed E-state index contributed by atoms with van der Waals surface area (Å²) in [5.41, 5.74) is 1.51. The SMILES string of the molecule is CC(C)(C)OC(=O)N1CCN(CC2CCC(c3cn(C4CCC(O)CC4)c4nc(NCCC(F)(F)F)ncc34)CC2)CC1. The lowest BCUT2D eigenvalue weighted by Gasteiger charge is -2.38. The van der Waals surface area contributed by atoms with Crippen molar-refractivity contribution in [2.24, 2.45) is 5.92 Å². The van der Waals surface area contributed by atoms with Crippen LogP contribution in [0.5, 0.6) is 0 Å². The summed E-state index contributed by atoms with van der Waals surface area (Å²) in [5.74, 6) is 1.21. The van der Waals surface area contributed by atoms with Crippen molar-refractivity contribution in [3.63, 3.8) is 0 Å². The fourth-order valence-electron chi connectivity index (χ4n) is 6.86. The molecule has 240 valence electrons. The number of anilines is 1. The van der Waals surface area contributed by atoms with Crippen LogP contribution in [-0.2, 0) is 4.74 Å². The zero-order valence-corrected chi connectivity index (χ0v) is 25.7. The second kappa shape index (κ2) is 13.2. The standard InChI is InChI=1S/C31H47F3N6O3/c1-30(2,3)43-29(42)39-16-14-38(15-17-39)19-21-4-6-22(7-5-21)26-20-40(23-8-10-24(41)11-9-23)27-25(26)18-36-28(37-27)35-13-12-31(32,33)34/h18,20-24,41H,4-17,19H2,1-3H3,(H,35,36,37). The zero-order chi connectivity index (χ0) is 30.8. The third kappa shape index (κ3) is 8.53. The van der Waals surface area contributed by atoms with Gasteiger partial charge in [-0.3, -0.25) is 4.90 Å². The highest BCUT2D eigenvalue weighted by atomic mass is 19.4. The summed E-state index contributed by atoms with van der Waals surface area (Å²) in [6.45, 7) is 9.54. The van der Waals surface area contributed by atoms with E-state index in [9.17, 15) is 23.1 Å². The molecular formula is C31H47F3N6O3. The molecule has 2 saturated carbocycles. The molecular weight excluding hydrogens is 561 g/mol. The normalized spacial score (nSPS) is 26.1. The molecule has 2 aromatic rings. The number of hydrogen-bond acceptors (Lipinski definition) is 7. The number of nitrogens with one attached hydrogen (secondary N) is 1. The topological polar surface area (TPSA) is 95.8 Å². The summed E-state index contributed by atoms with van der Waals surface area (Å²) in [6, 6.07) is 0.202. The number of aliphatic hydroxyl groups excluding tert-OH is 1. The van der Waals surface area contributed by atoms with Gasteiger partial charge in [-0.25, -0.2) is 9.78 Å². The minimum absolute atomic E-state index is 0.202. The Kier molecular flexibility index (Phi) is 9.75. The molecule has 3 heterocycles. The smallest absolute Gasteiger partial charge is 0.410 e. The Hall–Kier alpha value is -2.60. The van der Waals surface area contributed by atoms with E-state index in [0.29, 0.717) is 24.9 Å². The highest BCUT2D eigenvalue weighted by Crippen LogP contribution is 2.41. The Bertz CT molecular complexity index is 1220. The Morgan fingerprint density at radius 3 is 2.33 bits per heavy atom. The van der Waals surface area contributed by atoms with Gasteiger partial charge in [0.15, 0.2) is 0 Å². The van der Waals surface area contributed by atoms with Crippen molar-refractivity contribution in [3.05, 3.63) is 18.0 Å². The van der Waals surface area contributed by atoms with Gasteiger partial charge in [-0.15, -0.1) is 0 Å². The largest absolute Gasteiger partial charge is 0.444 e. The second-order valence-electron chi connectivity index (χ2n) is 13.7. The number of piperazine rings is 1. The predicted molar refractivity (Wildman–Crippen MR) is 159 cm³/mol. The van der Waals surface area contributed by atoms with Gasteiger partial charge in [-0.05, 0) is 89.5 Å². The van der Waals surface area contributed by atoms with Crippen LogP contribution in [0.3, 0.4) is 0 Å². The Labute approximate surface area is 252 Å². The molecule has 0 unspecified atom stereocenters. The molecule has 43 heavy (non-hydrogen) atoms. The summed E-state index contributed by atoms with van der Waals surface area (Å²) in [4.78, 5) is 25.8. The number of halogens is 3. The molecule has 9 nitrogen and oxygen atoms in total. The van der Waals surface area contributed by atoms with Crippen LogP contribution in [0.1, 0.15) is 96.1 Å².